The summed E-state index contributed by atoms with van der Waals surface area (Å²) in [6, 6.07) is 5.11. The van der Waals surface area contributed by atoms with Crippen molar-refractivity contribution in [3.8, 4) is 0 Å². The number of benzene rings is 1. The van der Waals surface area contributed by atoms with Crippen LogP contribution in [0.2, 0.25) is 0 Å². The summed E-state index contributed by atoms with van der Waals surface area (Å²) in [4.78, 5) is 7.80. The fourth-order valence-electron chi connectivity index (χ4n) is 2.02. The van der Waals surface area contributed by atoms with Crippen LogP contribution in [0.5, 0.6) is 0 Å². The van der Waals surface area contributed by atoms with Crippen molar-refractivity contribution in [1.82, 2.24) is 19.7 Å². The Morgan fingerprint density at radius 3 is 2.71 bits per heavy atom. The van der Waals surface area contributed by atoms with E-state index in [2.05, 4.69) is 15.1 Å². The third-order valence-corrected chi connectivity index (χ3v) is 2.99. The highest BCUT2D eigenvalue weighted by molar-refractivity contribution is 5.84. The second-order valence-electron chi connectivity index (χ2n) is 4.52. The van der Waals surface area contributed by atoms with Crippen LogP contribution in [-0.2, 0) is 12.7 Å². The van der Waals surface area contributed by atoms with Gasteiger partial charge in [0.05, 0.1) is 17.5 Å². The molecule has 0 saturated heterocycles. The van der Waals surface area contributed by atoms with Crippen molar-refractivity contribution >= 4 is 16.9 Å². The average Bonchev–Trinajstić information content (AvgIpc) is 2.82. The lowest BCUT2D eigenvalue weighted by atomic mass is 10.1. The molecular weight excluding hydrogens is 283 g/mol. The Kier molecular flexibility index (Phi) is 3.00. The lowest BCUT2D eigenvalue weighted by molar-refractivity contribution is -0.137. The molecule has 2 N–H and O–H groups in total. The van der Waals surface area contributed by atoms with E-state index in [0.717, 1.165) is 12.1 Å². The summed E-state index contributed by atoms with van der Waals surface area (Å²) in [6.45, 7) is 0.194. The first-order valence-corrected chi connectivity index (χ1v) is 6.03. The van der Waals surface area contributed by atoms with E-state index in [4.69, 9.17) is 5.73 Å². The number of nitrogens with two attached hydrogens (primary N) is 1. The van der Waals surface area contributed by atoms with Crippen LogP contribution in [0.15, 0.2) is 36.8 Å². The Hall–Kier alpha value is -2.64. The number of hydrogen-bond acceptors (Lipinski definition) is 4. The summed E-state index contributed by atoms with van der Waals surface area (Å²) in [6.07, 6.45) is -1.45. The number of aromatic nitrogens is 4. The van der Waals surface area contributed by atoms with E-state index in [9.17, 15) is 13.2 Å². The molecule has 0 fully saturated rings. The van der Waals surface area contributed by atoms with E-state index < -0.39 is 11.7 Å². The molecule has 1 aromatic carbocycles. The molecule has 8 heteroatoms. The van der Waals surface area contributed by atoms with Crippen LogP contribution in [0.1, 0.15) is 11.1 Å². The lowest BCUT2D eigenvalue weighted by Crippen LogP contribution is -2.07. The van der Waals surface area contributed by atoms with Gasteiger partial charge in [-0.15, -0.1) is 0 Å². The van der Waals surface area contributed by atoms with Crippen LogP contribution < -0.4 is 5.73 Å². The Morgan fingerprint density at radius 1 is 1.19 bits per heavy atom. The Bertz CT molecular complexity index is 794. The fraction of sp³-hybridized carbons (Fsp3) is 0.154. The van der Waals surface area contributed by atoms with Gasteiger partial charge in [-0.3, -0.25) is 4.68 Å². The van der Waals surface area contributed by atoms with Crippen molar-refractivity contribution in [3.05, 3.63) is 47.9 Å². The third-order valence-electron chi connectivity index (χ3n) is 2.99. The number of anilines is 1. The lowest BCUT2D eigenvalue weighted by Gasteiger charge is -2.08. The molecule has 108 valence electrons. The SMILES string of the molecule is Nc1ncnc2nn(Cc3cccc(C(F)(F)F)c3)cc12. The van der Waals surface area contributed by atoms with Gasteiger partial charge in [0.1, 0.15) is 12.1 Å². The van der Waals surface area contributed by atoms with Gasteiger partial charge in [0.15, 0.2) is 5.65 Å². The molecule has 0 radical (unpaired) electrons. The standard InChI is InChI=1S/C13H10F3N5/c14-13(15,16)9-3-1-2-8(4-9)5-21-6-10-11(17)18-7-19-12(10)20-21/h1-4,6-7H,5H2,(H2,17,18,19,20). The second-order valence-corrected chi connectivity index (χ2v) is 4.52. The highest BCUT2D eigenvalue weighted by Crippen LogP contribution is 2.29. The zero-order chi connectivity index (χ0) is 15.0. The molecule has 0 amide bonds. The Labute approximate surface area is 117 Å². The van der Waals surface area contributed by atoms with Crippen molar-refractivity contribution in [2.24, 2.45) is 0 Å². The van der Waals surface area contributed by atoms with Crippen molar-refractivity contribution in [2.45, 2.75) is 12.7 Å². The van der Waals surface area contributed by atoms with Gasteiger partial charge in [0, 0.05) is 6.20 Å². The van der Waals surface area contributed by atoms with E-state index in [0.29, 0.717) is 16.6 Å². The number of halogens is 3. The molecule has 0 aliphatic heterocycles. The zero-order valence-corrected chi connectivity index (χ0v) is 10.7. The van der Waals surface area contributed by atoms with Crippen molar-refractivity contribution < 1.29 is 13.2 Å². The van der Waals surface area contributed by atoms with E-state index in [1.165, 1.54) is 17.1 Å². The van der Waals surface area contributed by atoms with Crippen molar-refractivity contribution in [1.29, 1.82) is 0 Å². The molecule has 3 aromatic rings. The molecule has 0 saturated carbocycles. The summed E-state index contributed by atoms with van der Waals surface area (Å²) < 4.78 is 39.5. The number of alkyl halides is 3. The highest BCUT2D eigenvalue weighted by Gasteiger charge is 2.30. The molecule has 0 unspecified atom stereocenters. The Balaban J connectivity index is 1.93. The fourth-order valence-corrected chi connectivity index (χ4v) is 2.02. The minimum absolute atomic E-state index is 0.194. The normalized spacial score (nSPS) is 12.0. The largest absolute Gasteiger partial charge is 0.416 e. The quantitative estimate of drug-likeness (QED) is 0.788. The smallest absolute Gasteiger partial charge is 0.383 e. The van der Waals surface area contributed by atoms with E-state index in [1.54, 1.807) is 12.3 Å². The van der Waals surface area contributed by atoms with Crippen LogP contribution in [0, 0.1) is 0 Å². The maximum atomic E-state index is 12.7. The molecule has 3 rings (SSSR count). The highest BCUT2D eigenvalue weighted by atomic mass is 19.4. The molecule has 5 nitrogen and oxygen atoms in total. The van der Waals surface area contributed by atoms with Crippen LogP contribution in [0.4, 0.5) is 19.0 Å². The third kappa shape index (κ3) is 2.64. The van der Waals surface area contributed by atoms with Crippen molar-refractivity contribution in [3.63, 3.8) is 0 Å². The Morgan fingerprint density at radius 2 is 2.00 bits per heavy atom. The van der Waals surface area contributed by atoms with Crippen LogP contribution in [0.25, 0.3) is 11.0 Å². The van der Waals surface area contributed by atoms with Gasteiger partial charge in [-0.2, -0.15) is 18.3 Å². The number of hydrogen-bond donors (Lipinski definition) is 1. The maximum Gasteiger partial charge on any atom is 0.416 e. The number of nitrogens with zero attached hydrogens (tertiary/aromatic N) is 4. The van der Waals surface area contributed by atoms with Gasteiger partial charge in [-0.1, -0.05) is 12.1 Å². The minimum Gasteiger partial charge on any atom is -0.383 e. The molecule has 2 heterocycles. The van der Waals surface area contributed by atoms with E-state index in [-0.39, 0.29) is 12.4 Å². The summed E-state index contributed by atoms with van der Waals surface area (Å²) in [5.41, 5.74) is 5.91. The molecule has 0 aliphatic rings. The van der Waals surface area contributed by atoms with Crippen LogP contribution >= 0.6 is 0 Å². The maximum absolute atomic E-state index is 12.7. The topological polar surface area (TPSA) is 69.6 Å². The predicted octanol–water partition coefficient (Wildman–Crippen LogP) is 2.48. The average molecular weight is 293 g/mol. The zero-order valence-electron chi connectivity index (χ0n) is 10.7. The summed E-state index contributed by atoms with van der Waals surface area (Å²) in [5, 5.41) is 4.74. The summed E-state index contributed by atoms with van der Waals surface area (Å²) in [7, 11) is 0. The first-order chi connectivity index (χ1) is 9.93. The molecule has 21 heavy (non-hydrogen) atoms. The summed E-state index contributed by atoms with van der Waals surface area (Å²) >= 11 is 0. The van der Waals surface area contributed by atoms with Gasteiger partial charge >= 0.3 is 6.18 Å². The number of nitrogen functional groups attached to an aromatic ring is 1. The first-order valence-electron chi connectivity index (χ1n) is 6.03. The van der Waals surface area contributed by atoms with Crippen LogP contribution in [0.3, 0.4) is 0 Å². The second kappa shape index (κ2) is 4.72. The van der Waals surface area contributed by atoms with E-state index in [1.807, 2.05) is 0 Å². The van der Waals surface area contributed by atoms with Crippen LogP contribution in [-0.4, -0.2) is 19.7 Å². The van der Waals surface area contributed by atoms with Gasteiger partial charge < -0.3 is 5.73 Å². The van der Waals surface area contributed by atoms with Gasteiger partial charge in [-0.05, 0) is 17.7 Å². The van der Waals surface area contributed by atoms with Gasteiger partial charge in [-0.25, -0.2) is 9.97 Å². The van der Waals surface area contributed by atoms with Gasteiger partial charge in [0.25, 0.3) is 0 Å². The first kappa shape index (κ1) is 13.3. The van der Waals surface area contributed by atoms with E-state index >= 15 is 0 Å². The monoisotopic (exact) mass is 293 g/mol. The number of rotatable bonds is 2. The molecular formula is C13H10F3N5. The predicted molar refractivity (Wildman–Crippen MR) is 70.3 cm³/mol. The molecule has 0 bridgehead atoms. The minimum atomic E-state index is -4.36. The van der Waals surface area contributed by atoms with Gasteiger partial charge in [0.2, 0.25) is 0 Å². The molecule has 2 aromatic heterocycles. The molecule has 0 spiro atoms. The van der Waals surface area contributed by atoms with Crippen molar-refractivity contribution in [2.75, 3.05) is 5.73 Å². The molecule has 0 aliphatic carbocycles. The number of fused-ring (bicyclic) bond motifs is 1. The molecule has 0 atom stereocenters. The summed E-state index contributed by atoms with van der Waals surface area (Å²) in [5.74, 6) is 0.287.